The van der Waals surface area contributed by atoms with Crippen LogP contribution in [0.3, 0.4) is 0 Å². The van der Waals surface area contributed by atoms with E-state index in [0.29, 0.717) is 19.4 Å². The van der Waals surface area contributed by atoms with Gasteiger partial charge in [-0.1, -0.05) is 59.8 Å². The van der Waals surface area contributed by atoms with Crippen LogP contribution in [-0.2, 0) is 24.0 Å². The average Bonchev–Trinajstić information content (AvgIpc) is 3.65. The standard InChI is InChI=1S/C36H53N7O6/c1-5-10-25(29(44)34(48)39-23-15-16-23)40-33(47)28-24-14-9-13-22(24)20-43(28)35(49)30(36(2,3)4)42-32(46)27(21-11-7-6-8-12-21)41-31(45)26-19-37-17-18-38-26/h17-19,21-25,27-28,30H,5-16,20H2,1-4H3,(H,39,48)(H,40,47)(H,41,45)(H,42,46)/t22-,24+,25+,27-,28?,30+/m1/s1. The second kappa shape index (κ2) is 15.8. The normalized spacial score (nSPS) is 24.2. The van der Waals surface area contributed by atoms with E-state index in [1.807, 2.05) is 27.7 Å². The van der Waals surface area contributed by atoms with Gasteiger partial charge in [0, 0.05) is 25.0 Å². The molecule has 13 nitrogen and oxygen atoms in total. The van der Waals surface area contributed by atoms with Crippen LogP contribution in [0.2, 0.25) is 0 Å². The van der Waals surface area contributed by atoms with Gasteiger partial charge in [-0.25, -0.2) is 4.98 Å². The van der Waals surface area contributed by atoms with Gasteiger partial charge in [0.25, 0.3) is 11.8 Å². The molecular formula is C36H53N7O6. The van der Waals surface area contributed by atoms with Gasteiger partial charge in [0.05, 0.1) is 12.2 Å². The number of aromatic nitrogens is 2. The lowest BCUT2D eigenvalue weighted by molar-refractivity contribution is -0.146. The fourth-order valence-corrected chi connectivity index (χ4v) is 7.87. The van der Waals surface area contributed by atoms with Gasteiger partial charge in [0.15, 0.2) is 0 Å². The predicted molar refractivity (Wildman–Crippen MR) is 181 cm³/mol. The lowest BCUT2D eigenvalue weighted by Gasteiger charge is -2.38. The summed E-state index contributed by atoms with van der Waals surface area (Å²) in [6, 6.07) is -3.68. The minimum Gasteiger partial charge on any atom is -0.347 e. The summed E-state index contributed by atoms with van der Waals surface area (Å²) in [7, 11) is 0. The first-order chi connectivity index (χ1) is 23.4. The average molecular weight is 680 g/mol. The Bertz CT molecular complexity index is 1390. The number of carbonyl (C=O) groups is 6. The SMILES string of the molecule is CCC[C@H](NC(=O)C1[C@H]2CCC[C@@H]2CN1C(=O)[C@H](NC(=O)[C@H](NC(=O)c1cnccn1)C1CCCCC1)C(C)(C)C)C(=O)C(=O)NC1CC1. The Morgan fingerprint density at radius 2 is 1.63 bits per heavy atom. The number of likely N-dealkylation sites (tertiary alicyclic amines) is 1. The van der Waals surface area contributed by atoms with Crippen molar-refractivity contribution in [3.8, 4) is 0 Å². The highest BCUT2D eigenvalue weighted by atomic mass is 16.2. The third-order valence-corrected chi connectivity index (χ3v) is 10.7. The van der Waals surface area contributed by atoms with Crippen molar-refractivity contribution < 1.29 is 28.8 Å². The zero-order valence-electron chi connectivity index (χ0n) is 29.3. The van der Waals surface area contributed by atoms with E-state index >= 15 is 0 Å². The van der Waals surface area contributed by atoms with Crippen LogP contribution in [0, 0.1) is 23.2 Å². The van der Waals surface area contributed by atoms with Crippen molar-refractivity contribution >= 4 is 35.3 Å². The summed E-state index contributed by atoms with van der Waals surface area (Å²) in [6.45, 7) is 7.85. The summed E-state index contributed by atoms with van der Waals surface area (Å²) in [6.07, 6.45) is 13.9. The second-order valence-electron chi connectivity index (χ2n) is 15.5. The third-order valence-electron chi connectivity index (χ3n) is 10.7. The molecule has 1 aromatic rings. The molecule has 0 radical (unpaired) electrons. The number of rotatable bonds is 13. The van der Waals surface area contributed by atoms with Crippen molar-refractivity contribution in [1.29, 1.82) is 0 Å². The fourth-order valence-electron chi connectivity index (χ4n) is 7.87. The van der Waals surface area contributed by atoms with Crippen molar-refractivity contribution in [3.05, 3.63) is 24.3 Å². The Morgan fingerprint density at radius 1 is 0.898 bits per heavy atom. The molecule has 2 heterocycles. The van der Waals surface area contributed by atoms with Crippen LogP contribution in [0.5, 0.6) is 0 Å². The van der Waals surface area contributed by atoms with Crippen molar-refractivity contribution in [2.45, 2.75) is 135 Å². The Balaban J connectivity index is 1.36. The topological polar surface area (TPSA) is 180 Å². The number of nitrogens with one attached hydrogen (secondary N) is 4. The summed E-state index contributed by atoms with van der Waals surface area (Å²) in [5.41, 5.74) is -0.638. The van der Waals surface area contributed by atoms with Gasteiger partial charge in [-0.3, -0.25) is 33.8 Å². The van der Waals surface area contributed by atoms with E-state index in [1.165, 1.54) is 18.6 Å². The lowest BCUT2D eigenvalue weighted by atomic mass is 9.82. The number of ketones is 1. The maximum atomic E-state index is 14.6. The number of Topliss-reactive ketones (excluding diaryl/α,β-unsaturated/α-hetero) is 1. The highest BCUT2D eigenvalue weighted by Crippen LogP contribution is 2.43. The molecule has 3 saturated carbocycles. The molecule has 4 N–H and O–H groups in total. The third kappa shape index (κ3) is 8.83. The van der Waals surface area contributed by atoms with Crippen LogP contribution in [-0.4, -0.2) is 86.9 Å². The van der Waals surface area contributed by atoms with E-state index in [0.717, 1.165) is 64.2 Å². The van der Waals surface area contributed by atoms with Crippen LogP contribution < -0.4 is 21.3 Å². The van der Waals surface area contributed by atoms with Crippen LogP contribution in [0.1, 0.15) is 115 Å². The maximum absolute atomic E-state index is 14.6. The number of carbonyl (C=O) groups excluding carboxylic acids is 6. The fraction of sp³-hybridized carbons (Fsp3) is 0.722. The van der Waals surface area contributed by atoms with Crippen LogP contribution >= 0.6 is 0 Å². The van der Waals surface area contributed by atoms with Gasteiger partial charge in [-0.2, -0.15) is 0 Å². The highest BCUT2D eigenvalue weighted by Gasteiger charge is 2.52. The largest absolute Gasteiger partial charge is 0.347 e. The molecule has 1 aliphatic heterocycles. The van der Waals surface area contributed by atoms with E-state index in [-0.39, 0.29) is 35.4 Å². The van der Waals surface area contributed by atoms with Crippen LogP contribution in [0.4, 0.5) is 0 Å². The minimum absolute atomic E-state index is 0.0132. The summed E-state index contributed by atoms with van der Waals surface area (Å²) in [5, 5.41) is 11.5. The molecule has 1 saturated heterocycles. The molecule has 6 atom stereocenters. The second-order valence-corrected chi connectivity index (χ2v) is 15.5. The smallest absolute Gasteiger partial charge is 0.289 e. The van der Waals surface area contributed by atoms with E-state index in [9.17, 15) is 28.8 Å². The van der Waals surface area contributed by atoms with E-state index in [2.05, 4.69) is 31.2 Å². The predicted octanol–water partition coefficient (Wildman–Crippen LogP) is 2.45. The van der Waals surface area contributed by atoms with Crippen LogP contribution in [0.15, 0.2) is 18.6 Å². The monoisotopic (exact) mass is 679 g/mol. The molecule has 13 heteroatoms. The maximum Gasteiger partial charge on any atom is 0.289 e. The number of hydrogen-bond acceptors (Lipinski definition) is 8. The first-order valence-corrected chi connectivity index (χ1v) is 18.2. The first kappa shape index (κ1) is 36.4. The van der Waals surface area contributed by atoms with Crippen molar-refractivity contribution in [3.63, 3.8) is 0 Å². The molecule has 4 aliphatic rings. The Labute approximate surface area is 288 Å². The number of amides is 5. The van der Waals surface area contributed by atoms with Crippen molar-refractivity contribution in [1.82, 2.24) is 36.1 Å². The lowest BCUT2D eigenvalue weighted by Crippen LogP contribution is -2.62. The summed E-state index contributed by atoms with van der Waals surface area (Å²) in [4.78, 5) is 91.4. The molecule has 3 aliphatic carbocycles. The zero-order chi connectivity index (χ0) is 35.3. The highest BCUT2D eigenvalue weighted by molar-refractivity contribution is 6.38. The zero-order valence-corrected chi connectivity index (χ0v) is 29.3. The number of fused-ring (bicyclic) bond motifs is 1. The van der Waals surface area contributed by atoms with E-state index < -0.39 is 59.0 Å². The van der Waals surface area contributed by atoms with E-state index in [4.69, 9.17) is 0 Å². The van der Waals surface area contributed by atoms with Gasteiger partial charge in [-0.05, 0) is 68.1 Å². The Morgan fingerprint density at radius 3 is 2.27 bits per heavy atom. The van der Waals surface area contributed by atoms with Crippen molar-refractivity contribution in [2.75, 3.05) is 6.54 Å². The first-order valence-electron chi connectivity index (χ1n) is 18.2. The minimum atomic E-state index is -0.994. The summed E-state index contributed by atoms with van der Waals surface area (Å²) in [5.74, 6) is -3.20. The van der Waals surface area contributed by atoms with Crippen LogP contribution in [0.25, 0.3) is 0 Å². The summed E-state index contributed by atoms with van der Waals surface area (Å²) >= 11 is 0. The van der Waals surface area contributed by atoms with Gasteiger partial charge < -0.3 is 26.2 Å². The van der Waals surface area contributed by atoms with Gasteiger partial charge in [0.2, 0.25) is 23.5 Å². The van der Waals surface area contributed by atoms with Gasteiger partial charge >= 0.3 is 0 Å². The number of nitrogens with zero attached hydrogens (tertiary/aromatic N) is 3. The molecule has 49 heavy (non-hydrogen) atoms. The van der Waals surface area contributed by atoms with Gasteiger partial charge in [-0.15, -0.1) is 0 Å². The Kier molecular flexibility index (Phi) is 11.7. The van der Waals surface area contributed by atoms with Crippen molar-refractivity contribution in [2.24, 2.45) is 23.2 Å². The molecule has 4 fully saturated rings. The molecule has 5 amide bonds. The molecule has 5 rings (SSSR count). The van der Waals surface area contributed by atoms with E-state index in [1.54, 1.807) is 4.90 Å². The number of hydrogen-bond donors (Lipinski definition) is 4. The molecule has 268 valence electrons. The van der Waals surface area contributed by atoms with Gasteiger partial charge in [0.1, 0.15) is 23.8 Å². The quantitative estimate of drug-likeness (QED) is 0.230. The molecule has 0 bridgehead atoms. The summed E-state index contributed by atoms with van der Waals surface area (Å²) < 4.78 is 0. The molecule has 0 spiro atoms. The molecule has 1 aromatic heterocycles. The molecule has 0 aromatic carbocycles. The molecular weight excluding hydrogens is 626 g/mol. The molecule has 1 unspecified atom stereocenters. The Hall–Kier alpha value is -3.90.